The van der Waals surface area contributed by atoms with Crippen LogP contribution in [0.4, 0.5) is 30.7 Å². The smallest absolute Gasteiger partial charge is 0.388 e. The van der Waals surface area contributed by atoms with Gasteiger partial charge in [-0.25, -0.2) is 4.39 Å². The van der Waals surface area contributed by atoms with Gasteiger partial charge in [-0.15, -0.1) is 0 Å². The fraction of sp³-hybridized carbons (Fsp3) is 0.600. The lowest BCUT2D eigenvalue weighted by Gasteiger charge is -2.31. The van der Waals surface area contributed by atoms with Crippen LogP contribution in [0.15, 0.2) is 24.3 Å². The van der Waals surface area contributed by atoms with Crippen LogP contribution < -0.4 is 0 Å². The highest BCUT2D eigenvalue weighted by molar-refractivity contribution is 5.25. The zero-order chi connectivity index (χ0) is 17.9. The van der Waals surface area contributed by atoms with Gasteiger partial charge >= 0.3 is 18.0 Å². The van der Waals surface area contributed by atoms with Gasteiger partial charge in [0.25, 0.3) is 0 Å². The molecule has 1 nitrogen and oxygen atoms in total. The van der Waals surface area contributed by atoms with Gasteiger partial charge in [-0.1, -0.05) is 37.6 Å². The fourth-order valence-corrected chi connectivity index (χ4v) is 2.06. The van der Waals surface area contributed by atoms with Gasteiger partial charge in [0, 0.05) is 6.42 Å². The predicted molar refractivity (Wildman–Crippen MR) is 70.6 cm³/mol. The van der Waals surface area contributed by atoms with E-state index in [1.807, 2.05) is 6.92 Å². The Hall–Kier alpha value is -1.31. The molecule has 0 aliphatic heterocycles. The van der Waals surface area contributed by atoms with Crippen LogP contribution in [0.25, 0.3) is 0 Å². The highest BCUT2D eigenvalue weighted by Gasteiger charge is 2.72. The van der Waals surface area contributed by atoms with Gasteiger partial charge in [0.2, 0.25) is 0 Å². The Bertz CT molecular complexity index is 476. The second kappa shape index (κ2) is 7.07. The highest BCUT2D eigenvalue weighted by Crippen LogP contribution is 2.50. The normalized spacial score (nSPS) is 14.8. The minimum absolute atomic E-state index is 0.194. The SMILES string of the molecule is CCCCc1ccc(C(O)CC(F)(C(F)(F)F)C(F)(F)F)cc1. The minimum Gasteiger partial charge on any atom is -0.388 e. The molecule has 0 amide bonds. The van der Waals surface area contributed by atoms with E-state index in [9.17, 15) is 35.8 Å². The van der Waals surface area contributed by atoms with Crippen LogP contribution in [0.2, 0.25) is 0 Å². The van der Waals surface area contributed by atoms with Crippen molar-refractivity contribution in [2.24, 2.45) is 0 Å². The molecule has 0 radical (unpaired) electrons. The van der Waals surface area contributed by atoms with Crippen molar-refractivity contribution in [2.45, 2.75) is 56.7 Å². The number of unbranched alkanes of at least 4 members (excludes halogenated alkanes) is 1. The molecule has 0 aliphatic carbocycles. The summed E-state index contributed by atoms with van der Waals surface area (Å²) in [5.41, 5.74) is -4.82. The molecule has 1 aromatic rings. The molecule has 1 N–H and O–H groups in total. The van der Waals surface area contributed by atoms with Crippen LogP contribution in [-0.2, 0) is 6.42 Å². The van der Waals surface area contributed by atoms with Crippen molar-refractivity contribution in [1.82, 2.24) is 0 Å². The maximum atomic E-state index is 13.6. The Morgan fingerprint density at radius 1 is 0.913 bits per heavy atom. The highest BCUT2D eigenvalue weighted by atomic mass is 19.4. The Kier molecular flexibility index (Phi) is 6.06. The van der Waals surface area contributed by atoms with Gasteiger partial charge in [-0.3, -0.25) is 0 Å². The van der Waals surface area contributed by atoms with Crippen molar-refractivity contribution in [2.75, 3.05) is 0 Å². The molecule has 0 saturated carbocycles. The summed E-state index contributed by atoms with van der Waals surface area (Å²) in [6, 6.07) is 5.41. The monoisotopic (exact) mass is 346 g/mol. The van der Waals surface area contributed by atoms with E-state index in [1.54, 1.807) is 0 Å². The third kappa shape index (κ3) is 4.59. The summed E-state index contributed by atoms with van der Waals surface area (Å²) in [5.74, 6) is 0. The average molecular weight is 346 g/mol. The molecule has 0 aromatic heterocycles. The Balaban J connectivity index is 2.94. The van der Waals surface area contributed by atoms with Crippen LogP contribution >= 0.6 is 0 Å². The summed E-state index contributed by atoms with van der Waals surface area (Å²) in [5, 5.41) is 9.61. The first-order valence-corrected chi connectivity index (χ1v) is 7.01. The zero-order valence-electron chi connectivity index (χ0n) is 12.3. The number of hydrogen-bond acceptors (Lipinski definition) is 1. The van der Waals surface area contributed by atoms with Crippen molar-refractivity contribution in [1.29, 1.82) is 0 Å². The van der Waals surface area contributed by atoms with E-state index in [2.05, 4.69) is 0 Å². The number of halogens is 7. The van der Waals surface area contributed by atoms with Crippen molar-refractivity contribution < 1.29 is 35.8 Å². The van der Waals surface area contributed by atoms with Crippen LogP contribution in [0.5, 0.6) is 0 Å². The van der Waals surface area contributed by atoms with Crippen molar-refractivity contribution in [3.63, 3.8) is 0 Å². The molecule has 0 heterocycles. The minimum atomic E-state index is -6.16. The summed E-state index contributed by atoms with van der Waals surface area (Å²) in [6.07, 6.45) is -14.2. The van der Waals surface area contributed by atoms with E-state index in [0.29, 0.717) is 6.42 Å². The van der Waals surface area contributed by atoms with Crippen LogP contribution in [0, 0.1) is 0 Å². The summed E-state index contributed by atoms with van der Waals surface area (Å²) in [4.78, 5) is 0. The molecule has 1 rings (SSSR count). The molecule has 0 bridgehead atoms. The predicted octanol–water partition coefficient (Wildman–Crippen LogP) is 5.29. The number of aliphatic hydroxyl groups is 1. The van der Waals surface area contributed by atoms with E-state index >= 15 is 0 Å². The summed E-state index contributed by atoms with van der Waals surface area (Å²) < 4.78 is 88.4. The number of benzene rings is 1. The van der Waals surface area contributed by atoms with Crippen molar-refractivity contribution in [3.8, 4) is 0 Å². The lowest BCUT2D eigenvalue weighted by molar-refractivity contribution is -0.347. The molecule has 1 atom stereocenters. The Labute approximate surface area is 129 Å². The van der Waals surface area contributed by atoms with Crippen molar-refractivity contribution >= 4 is 0 Å². The van der Waals surface area contributed by atoms with E-state index in [-0.39, 0.29) is 5.56 Å². The largest absolute Gasteiger partial charge is 0.431 e. The molecule has 0 aliphatic rings. The van der Waals surface area contributed by atoms with Crippen molar-refractivity contribution in [3.05, 3.63) is 35.4 Å². The van der Waals surface area contributed by atoms with Gasteiger partial charge in [0.1, 0.15) is 0 Å². The van der Waals surface area contributed by atoms with Crippen LogP contribution in [0.1, 0.15) is 43.4 Å². The second-order valence-electron chi connectivity index (χ2n) is 5.36. The second-order valence-corrected chi connectivity index (χ2v) is 5.36. The van der Waals surface area contributed by atoms with Crippen LogP contribution in [-0.4, -0.2) is 23.1 Å². The lowest BCUT2D eigenvalue weighted by atomic mass is 9.92. The molecule has 132 valence electrons. The molecular formula is C15H17F7O. The number of alkyl halides is 7. The van der Waals surface area contributed by atoms with E-state index in [1.165, 1.54) is 24.3 Å². The Morgan fingerprint density at radius 2 is 1.39 bits per heavy atom. The lowest BCUT2D eigenvalue weighted by Crippen LogP contribution is -2.54. The molecule has 0 fully saturated rings. The van der Waals surface area contributed by atoms with Gasteiger partial charge in [-0.2, -0.15) is 26.3 Å². The quantitative estimate of drug-likeness (QED) is 0.695. The maximum Gasteiger partial charge on any atom is 0.431 e. The summed E-state index contributed by atoms with van der Waals surface area (Å²) in [6.45, 7) is 1.97. The van der Waals surface area contributed by atoms with E-state index in [4.69, 9.17) is 0 Å². The first kappa shape index (κ1) is 19.7. The molecular weight excluding hydrogens is 329 g/mol. The summed E-state index contributed by atoms with van der Waals surface area (Å²) >= 11 is 0. The topological polar surface area (TPSA) is 20.2 Å². The third-order valence-electron chi connectivity index (χ3n) is 3.56. The van der Waals surface area contributed by atoms with Gasteiger partial charge < -0.3 is 5.11 Å². The Morgan fingerprint density at radius 3 is 1.78 bits per heavy atom. The molecule has 8 heteroatoms. The average Bonchev–Trinajstić information content (AvgIpc) is 2.43. The van der Waals surface area contributed by atoms with Gasteiger partial charge in [0.15, 0.2) is 0 Å². The van der Waals surface area contributed by atoms with Gasteiger partial charge in [-0.05, 0) is 24.0 Å². The van der Waals surface area contributed by atoms with Crippen LogP contribution in [0.3, 0.4) is 0 Å². The summed E-state index contributed by atoms with van der Waals surface area (Å²) in [7, 11) is 0. The van der Waals surface area contributed by atoms with Gasteiger partial charge in [0.05, 0.1) is 6.10 Å². The first-order valence-electron chi connectivity index (χ1n) is 7.01. The maximum absolute atomic E-state index is 13.6. The number of rotatable bonds is 6. The zero-order valence-corrected chi connectivity index (χ0v) is 12.3. The van der Waals surface area contributed by atoms with E-state index in [0.717, 1.165) is 18.4 Å². The third-order valence-corrected chi connectivity index (χ3v) is 3.56. The molecule has 1 unspecified atom stereocenters. The number of hydrogen-bond donors (Lipinski definition) is 1. The number of aliphatic hydroxyl groups excluding tert-OH is 1. The molecule has 23 heavy (non-hydrogen) atoms. The van der Waals surface area contributed by atoms with E-state index < -0.39 is 30.5 Å². The molecule has 1 aromatic carbocycles. The number of aryl methyl sites for hydroxylation is 1. The fourth-order valence-electron chi connectivity index (χ4n) is 2.06. The standard InChI is InChI=1S/C15H17F7O/c1-2-3-4-10-5-7-11(8-6-10)12(23)9-13(16,14(17,18)19)15(20,21)22/h5-8,12,23H,2-4,9H2,1H3. The molecule has 0 spiro atoms. The molecule has 0 saturated heterocycles. The first-order chi connectivity index (χ1) is 10.4.